The number of pyridine rings is 1. The summed E-state index contributed by atoms with van der Waals surface area (Å²) in [6.45, 7) is 2.91. The molecular formula is C24H24ClN3O. The van der Waals surface area contributed by atoms with Gasteiger partial charge < -0.3 is 10.5 Å². The maximum atomic E-state index is 9.59. The third-order valence-electron chi connectivity index (χ3n) is 4.71. The van der Waals surface area contributed by atoms with Crippen molar-refractivity contribution in [2.75, 3.05) is 12.3 Å². The lowest BCUT2D eigenvalue weighted by Crippen LogP contribution is -2.00. The summed E-state index contributed by atoms with van der Waals surface area (Å²) < 4.78 is 5.81. The van der Waals surface area contributed by atoms with Crippen LogP contribution in [0.3, 0.4) is 0 Å². The number of unbranched alkanes of at least 4 members (excludes halogenated alkanes) is 3. The SMILES string of the molecule is CCCCCCOc1ccc(-c2cc(-c3cccc(Cl)c3)nc(N)c2C#N)cc1. The van der Waals surface area contributed by atoms with Crippen molar-refractivity contribution in [3.05, 3.63) is 65.2 Å². The van der Waals surface area contributed by atoms with E-state index in [1.54, 1.807) is 6.07 Å². The van der Waals surface area contributed by atoms with Crippen LogP contribution in [0.5, 0.6) is 5.75 Å². The van der Waals surface area contributed by atoms with Crippen LogP contribution in [-0.4, -0.2) is 11.6 Å². The van der Waals surface area contributed by atoms with Crippen molar-refractivity contribution in [1.29, 1.82) is 5.26 Å². The van der Waals surface area contributed by atoms with E-state index in [0.29, 0.717) is 22.9 Å². The number of nitrogen functional groups attached to an aromatic ring is 1. The zero-order valence-electron chi connectivity index (χ0n) is 16.5. The van der Waals surface area contributed by atoms with Gasteiger partial charge in [0.1, 0.15) is 23.2 Å². The summed E-state index contributed by atoms with van der Waals surface area (Å²) in [5.41, 5.74) is 9.61. The van der Waals surface area contributed by atoms with E-state index in [-0.39, 0.29) is 5.82 Å². The molecule has 0 amide bonds. The molecule has 0 radical (unpaired) electrons. The molecule has 0 bridgehead atoms. The number of nitrogens with two attached hydrogens (primary N) is 1. The van der Waals surface area contributed by atoms with Gasteiger partial charge in [-0.1, -0.05) is 62.1 Å². The number of halogens is 1. The van der Waals surface area contributed by atoms with Crippen molar-refractivity contribution in [2.45, 2.75) is 32.6 Å². The fraction of sp³-hybridized carbons (Fsp3) is 0.250. The first-order valence-corrected chi connectivity index (χ1v) is 10.2. The van der Waals surface area contributed by atoms with E-state index in [4.69, 9.17) is 22.1 Å². The van der Waals surface area contributed by atoms with Crippen LogP contribution >= 0.6 is 11.6 Å². The molecule has 148 valence electrons. The van der Waals surface area contributed by atoms with Gasteiger partial charge in [0.05, 0.1) is 12.3 Å². The lowest BCUT2D eigenvalue weighted by atomic mass is 9.98. The molecule has 0 saturated carbocycles. The van der Waals surface area contributed by atoms with Crippen LogP contribution < -0.4 is 10.5 Å². The Morgan fingerprint density at radius 1 is 1.03 bits per heavy atom. The first-order valence-electron chi connectivity index (χ1n) is 9.82. The molecule has 2 aromatic carbocycles. The van der Waals surface area contributed by atoms with E-state index in [9.17, 15) is 5.26 Å². The van der Waals surface area contributed by atoms with Gasteiger partial charge in [0.25, 0.3) is 0 Å². The molecule has 1 aromatic heterocycles. The highest BCUT2D eigenvalue weighted by Gasteiger charge is 2.14. The second kappa shape index (κ2) is 9.95. The Balaban J connectivity index is 1.86. The maximum absolute atomic E-state index is 9.59. The van der Waals surface area contributed by atoms with Crippen LogP contribution in [0.1, 0.15) is 38.2 Å². The molecule has 0 fully saturated rings. The van der Waals surface area contributed by atoms with Crippen molar-refractivity contribution in [3.63, 3.8) is 0 Å². The molecule has 0 aliphatic carbocycles. The number of aromatic nitrogens is 1. The Labute approximate surface area is 176 Å². The Morgan fingerprint density at radius 3 is 2.52 bits per heavy atom. The number of ether oxygens (including phenoxy) is 1. The molecule has 0 aliphatic rings. The predicted octanol–water partition coefficient (Wildman–Crippen LogP) is 6.48. The largest absolute Gasteiger partial charge is 0.494 e. The molecular weight excluding hydrogens is 382 g/mol. The molecule has 0 unspecified atom stereocenters. The zero-order chi connectivity index (χ0) is 20.6. The van der Waals surface area contributed by atoms with Crippen molar-refractivity contribution in [3.8, 4) is 34.2 Å². The minimum atomic E-state index is 0.205. The number of nitrogens with zero attached hydrogens (tertiary/aromatic N) is 2. The molecule has 0 saturated heterocycles. The smallest absolute Gasteiger partial charge is 0.142 e. The standard InChI is InChI=1S/C24H24ClN3O/c1-2-3-4-5-13-29-20-11-9-17(10-12-20)21-15-23(28-24(27)22(21)16-26)18-7-6-8-19(25)14-18/h6-12,14-15H,2-5,13H2,1H3,(H2,27,28). The number of anilines is 1. The number of hydrogen-bond donors (Lipinski definition) is 1. The summed E-state index contributed by atoms with van der Waals surface area (Å²) in [5.74, 6) is 1.03. The highest BCUT2D eigenvalue weighted by molar-refractivity contribution is 6.30. The lowest BCUT2D eigenvalue weighted by molar-refractivity contribution is 0.305. The molecule has 3 aromatic rings. The van der Waals surface area contributed by atoms with Crippen LogP contribution in [0.25, 0.3) is 22.4 Å². The van der Waals surface area contributed by atoms with Crippen LogP contribution in [0.2, 0.25) is 5.02 Å². The summed E-state index contributed by atoms with van der Waals surface area (Å²) in [7, 11) is 0. The fourth-order valence-electron chi connectivity index (χ4n) is 3.16. The van der Waals surface area contributed by atoms with E-state index in [2.05, 4.69) is 18.0 Å². The van der Waals surface area contributed by atoms with Crippen LogP contribution in [0.4, 0.5) is 5.82 Å². The molecule has 29 heavy (non-hydrogen) atoms. The molecule has 0 atom stereocenters. The summed E-state index contributed by atoms with van der Waals surface area (Å²) in [6.07, 6.45) is 4.68. The monoisotopic (exact) mass is 405 g/mol. The van der Waals surface area contributed by atoms with Gasteiger partial charge in [-0.05, 0) is 42.3 Å². The lowest BCUT2D eigenvalue weighted by Gasteiger charge is -2.11. The van der Waals surface area contributed by atoms with E-state index >= 15 is 0 Å². The maximum Gasteiger partial charge on any atom is 0.142 e. The molecule has 3 rings (SSSR count). The number of rotatable bonds is 8. The molecule has 0 aliphatic heterocycles. The summed E-state index contributed by atoms with van der Waals surface area (Å²) >= 11 is 6.11. The van der Waals surface area contributed by atoms with E-state index in [1.165, 1.54) is 19.3 Å². The minimum Gasteiger partial charge on any atom is -0.494 e. The minimum absolute atomic E-state index is 0.205. The highest BCUT2D eigenvalue weighted by atomic mass is 35.5. The average molecular weight is 406 g/mol. The summed E-state index contributed by atoms with van der Waals surface area (Å²) in [5, 5.41) is 10.2. The van der Waals surface area contributed by atoms with Crippen molar-refractivity contribution >= 4 is 17.4 Å². The Morgan fingerprint density at radius 2 is 1.83 bits per heavy atom. The third kappa shape index (κ3) is 5.28. The van der Waals surface area contributed by atoms with E-state index in [0.717, 1.165) is 28.9 Å². The molecule has 2 N–H and O–H groups in total. The normalized spacial score (nSPS) is 10.5. The van der Waals surface area contributed by atoms with Gasteiger partial charge in [0.15, 0.2) is 0 Å². The van der Waals surface area contributed by atoms with Crippen molar-refractivity contribution in [1.82, 2.24) is 4.98 Å². The van der Waals surface area contributed by atoms with Crippen LogP contribution in [-0.2, 0) is 0 Å². The van der Waals surface area contributed by atoms with Gasteiger partial charge in [-0.15, -0.1) is 0 Å². The predicted molar refractivity (Wildman–Crippen MR) is 119 cm³/mol. The fourth-order valence-corrected chi connectivity index (χ4v) is 3.35. The molecule has 1 heterocycles. The van der Waals surface area contributed by atoms with E-state index < -0.39 is 0 Å². The topological polar surface area (TPSA) is 71.9 Å². The van der Waals surface area contributed by atoms with Gasteiger partial charge in [0, 0.05) is 16.1 Å². The van der Waals surface area contributed by atoms with E-state index in [1.807, 2.05) is 48.5 Å². The number of benzene rings is 2. The van der Waals surface area contributed by atoms with Gasteiger partial charge >= 0.3 is 0 Å². The molecule has 0 spiro atoms. The first kappa shape index (κ1) is 20.7. The molecule has 4 nitrogen and oxygen atoms in total. The molecule has 5 heteroatoms. The van der Waals surface area contributed by atoms with Crippen molar-refractivity contribution in [2.24, 2.45) is 0 Å². The summed E-state index contributed by atoms with van der Waals surface area (Å²) in [4.78, 5) is 4.40. The van der Waals surface area contributed by atoms with Gasteiger partial charge in [0.2, 0.25) is 0 Å². The average Bonchev–Trinajstić information content (AvgIpc) is 2.73. The first-order chi connectivity index (χ1) is 14.1. The zero-order valence-corrected chi connectivity index (χ0v) is 17.2. The van der Waals surface area contributed by atoms with Gasteiger partial charge in [-0.2, -0.15) is 5.26 Å². The highest BCUT2D eigenvalue weighted by Crippen LogP contribution is 2.32. The number of hydrogen-bond acceptors (Lipinski definition) is 4. The second-order valence-electron chi connectivity index (χ2n) is 6.87. The Kier molecular flexibility index (Phi) is 7.10. The Bertz CT molecular complexity index is 1010. The van der Waals surface area contributed by atoms with Gasteiger partial charge in [-0.25, -0.2) is 4.98 Å². The van der Waals surface area contributed by atoms with Crippen LogP contribution in [0.15, 0.2) is 54.6 Å². The third-order valence-corrected chi connectivity index (χ3v) is 4.95. The Hall–Kier alpha value is -3.03. The van der Waals surface area contributed by atoms with Crippen LogP contribution in [0, 0.1) is 11.3 Å². The number of nitriles is 1. The second-order valence-corrected chi connectivity index (χ2v) is 7.31. The van der Waals surface area contributed by atoms with Crippen molar-refractivity contribution < 1.29 is 4.74 Å². The quantitative estimate of drug-likeness (QED) is 0.435. The van der Waals surface area contributed by atoms with Gasteiger partial charge in [-0.3, -0.25) is 0 Å². The summed E-state index contributed by atoms with van der Waals surface area (Å²) in [6, 6.07) is 19.2.